The predicted molar refractivity (Wildman–Crippen MR) is 96.4 cm³/mol. The molecule has 25 heavy (non-hydrogen) atoms. The molecule has 3 heterocycles. The SMILES string of the molecule is Cn1cc(CN2CC2COc2ccc(Cc3ccccn3)cc2)cn1. The van der Waals surface area contributed by atoms with E-state index in [2.05, 4.69) is 33.3 Å². The first-order valence-electron chi connectivity index (χ1n) is 8.59. The van der Waals surface area contributed by atoms with E-state index in [9.17, 15) is 0 Å². The highest BCUT2D eigenvalue weighted by molar-refractivity contribution is 5.30. The van der Waals surface area contributed by atoms with Crippen LogP contribution in [0.1, 0.15) is 16.8 Å². The fraction of sp³-hybridized carbons (Fsp3) is 0.300. The number of hydrogen-bond acceptors (Lipinski definition) is 4. The number of benzene rings is 1. The van der Waals surface area contributed by atoms with Gasteiger partial charge < -0.3 is 4.74 Å². The highest BCUT2D eigenvalue weighted by Gasteiger charge is 2.34. The van der Waals surface area contributed by atoms with Crippen LogP contribution >= 0.6 is 0 Å². The van der Waals surface area contributed by atoms with Crippen molar-refractivity contribution in [2.24, 2.45) is 7.05 Å². The number of hydrogen-bond donors (Lipinski definition) is 0. The van der Waals surface area contributed by atoms with Gasteiger partial charge in [-0.2, -0.15) is 5.10 Å². The van der Waals surface area contributed by atoms with Gasteiger partial charge in [-0.25, -0.2) is 0 Å². The van der Waals surface area contributed by atoms with E-state index in [1.807, 2.05) is 54.5 Å². The average Bonchev–Trinajstić information content (AvgIpc) is 3.24. The summed E-state index contributed by atoms with van der Waals surface area (Å²) >= 11 is 0. The molecule has 0 spiro atoms. The van der Waals surface area contributed by atoms with Crippen LogP contribution < -0.4 is 4.74 Å². The van der Waals surface area contributed by atoms with Crippen molar-refractivity contribution >= 4 is 0 Å². The molecular formula is C20H22N4O. The summed E-state index contributed by atoms with van der Waals surface area (Å²) in [6, 6.07) is 14.8. The largest absolute Gasteiger partial charge is 0.492 e. The fourth-order valence-corrected chi connectivity index (χ4v) is 2.97. The van der Waals surface area contributed by atoms with Crippen LogP contribution in [0.25, 0.3) is 0 Å². The molecule has 5 heteroatoms. The molecule has 2 aromatic heterocycles. The van der Waals surface area contributed by atoms with Crippen LogP contribution in [0, 0.1) is 0 Å². The van der Waals surface area contributed by atoms with Gasteiger partial charge in [0, 0.05) is 50.2 Å². The summed E-state index contributed by atoms with van der Waals surface area (Å²) in [7, 11) is 1.95. The molecule has 0 saturated carbocycles. The number of pyridine rings is 1. The minimum Gasteiger partial charge on any atom is -0.492 e. The highest BCUT2D eigenvalue weighted by atomic mass is 16.5. The van der Waals surface area contributed by atoms with Gasteiger partial charge >= 0.3 is 0 Å². The maximum Gasteiger partial charge on any atom is 0.119 e. The Morgan fingerprint density at radius 1 is 1.12 bits per heavy atom. The van der Waals surface area contributed by atoms with Gasteiger partial charge in [0.25, 0.3) is 0 Å². The zero-order valence-electron chi connectivity index (χ0n) is 14.4. The predicted octanol–water partition coefficient (Wildman–Crippen LogP) is 2.67. The molecule has 0 aliphatic carbocycles. The summed E-state index contributed by atoms with van der Waals surface area (Å²) in [5.74, 6) is 0.929. The lowest BCUT2D eigenvalue weighted by Crippen LogP contribution is -2.10. The molecule has 0 amide bonds. The highest BCUT2D eigenvalue weighted by Crippen LogP contribution is 2.22. The Balaban J connectivity index is 1.24. The average molecular weight is 334 g/mol. The van der Waals surface area contributed by atoms with E-state index in [0.717, 1.165) is 37.6 Å². The molecule has 128 valence electrons. The van der Waals surface area contributed by atoms with E-state index in [-0.39, 0.29) is 0 Å². The van der Waals surface area contributed by atoms with Crippen LogP contribution in [0.5, 0.6) is 5.75 Å². The van der Waals surface area contributed by atoms with Gasteiger partial charge in [0.2, 0.25) is 0 Å². The maximum atomic E-state index is 5.93. The standard InChI is InChI=1S/C20H22N4O/c1-23-12-17(11-22-23)13-24-14-19(24)15-25-20-7-5-16(6-8-20)10-18-4-2-3-9-21-18/h2-9,11-12,19H,10,13-15H2,1H3. The zero-order chi connectivity index (χ0) is 17.1. The second-order valence-electron chi connectivity index (χ2n) is 6.56. The Morgan fingerprint density at radius 2 is 2.00 bits per heavy atom. The van der Waals surface area contributed by atoms with Crippen LogP contribution in [0.3, 0.4) is 0 Å². The Kier molecular flexibility index (Phi) is 4.48. The molecule has 0 bridgehead atoms. The van der Waals surface area contributed by atoms with E-state index in [1.54, 1.807) is 0 Å². The van der Waals surface area contributed by atoms with Crippen molar-refractivity contribution in [3.8, 4) is 5.75 Å². The monoisotopic (exact) mass is 334 g/mol. The number of aromatic nitrogens is 3. The molecule has 2 unspecified atom stereocenters. The molecule has 0 N–H and O–H groups in total. The third kappa shape index (κ3) is 4.25. The summed E-state index contributed by atoms with van der Waals surface area (Å²) in [6.45, 7) is 2.78. The van der Waals surface area contributed by atoms with Crippen molar-refractivity contribution in [3.05, 3.63) is 77.9 Å². The van der Waals surface area contributed by atoms with Gasteiger partial charge in [-0.1, -0.05) is 18.2 Å². The summed E-state index contributed by atoms with van der Waals surface area (Å²) < 4.78 is 7.77. The van der Waals surface area contributed by atoms with Crippen molar-refractivity contribution in [2.75, 3.05) is 13.2 Å². The van der Waals surface area contributed by atoms with Crippen LogP contribution in [-0.2, 0) is 20.0 Å². The summed E-state index contributed by atoms with van der Waals surface area (Å²) in [5, 5.41) is 4.21. The van der Waals surface area contributed by atoms with E-state index >= 15 is 0 Å². The van der Waals surface area contributed by atoms with Crippen molar-refractivity contribution < 1.29 is 4.74 Å². The first-order valence-corrected chi connectivity index (χ1v) is 8.59. The lowest BCUT2D eigenvalue weighted by molar-refractivity contribution is 0.293. The minimum atomic E-state index is 0.508. The Hall–Kier alpha value is -2.66. The number of rotatable bonds is 7. The summed E-state index contributed by atoms with van der Waals surface area (Å²) in [4.78, 5) is 6.76. The maximum absolute atomic E-state index is 5.93. The third-order valence-corrected chi connectivity index (χ3v) is 4.45. The lowest BCUT2D eigenvalue weighted by atomic mass is 10.1. The van der Waals surface area contributed by atoms with Crippen LogP contribution in [0.2, 0.25) is 0 Å². The topological polar surface area (TPSA) is 43.0 Å². The van der Waals surface area contributed by atoms with E-state index in [0.29, 0.717) is 6.04 Å². The fourth-order valence-electron chi connectivity index (χ4n) is 2.97. The molecule has 5 nitrogen and oxygen atoms in total. The van der Waals surface area contributed by atoms with Gasteiger partial charge in [-0.05, 0) is 29.8 Å². The van der Waals surface area contributed by atoms with Crippen molar-refractivity contribution in [3.63, 3.8) is 0 Å². The van der Waals surface area contributed by atoms with Gasteiger partial charge in [-0.3, -0.25) is 14.6 Å². The normalized spacial score (nSPS) is 18.9. The molecule has 2 atom stereocenters. The Labute approximate surface area is 147 Å². The second kappa shape index (κ2) is 7.07. The number of aryl methyl sites for hydroxylation is 1. The Morgan fingerprint density at radius 3 is 2.72 bits per heavy atom. The molecule has 1 saturated heterocycles. The van der Waals surface area contributed by atoms with Crippen LogP contribution in [-0.4, -0.2) is 38.9 Å². The zero-order valence-corrected chi connectivity index (χ0v) is 14.4. The third-order valence-electron chi connectivity index (χ3n) is 4.45. The molecule has 4 rings (SSSR count). The summed E-state index contributed by atoms with van der Waals surface area (Å²) in [6.07, 6.45) is 6.68. The first kappa shape index (κ1) is 15.8. The molecular weight excluding hydrogens is 312 g/mol. The molecule has 1 aliphatic heterocycles. The molecule has 1 fully saturated rings. The second-order valence-corrected chi connectivity index (χ2v) is 6.56. The molecule has 3 aromatic rings. The lowest BCUT2D eigenvalue weighted by Gasteiger charge is -2.07. The number of ether oxygens (including phenoxy) is 1. The number of nitrogens with zero attached hydrogens (tertiary/aromatic N) is 4. The van der Waals surface area contributed by atoms with Crippen LogP contribution in [0.15, 0.2) is 61.1 Å². The van der Waals surface area contributed by atoms with E-state index < -0.39 is 0 Å². The molecule has 0 radical (unpaired) electrons. The van der Waals surface area contributed by atoms with Crippen molar-refractivity contribution in [2.45, 2.75) is 19.0 Å². The first-order chi connectivity index (χ1) is 12.3. The van der Waals surface area contributed by atoms with Crippen LogP contribution in [0.4, 0.5) is 0 Å². The van der Waals surface area contributed by atoms with E-state index in [4.69, 9.17) is 4.74 Å². The summed E-state index contributed by atoms with van der Waals surface area (Å²) in [5.41, 5.74) is 3.58. The van der Waals surface area contributed by atoms with Gasteiger partial charge in [0.05, 0.1) is 12.2 Å². The molecule has 1 aliphatic rings. The minimum absolute atomic E-state index is 0.508. The molecule has 1 aromatic carbocycles. The smallest absolute Gasteiger partial charge is 0.119 e. The van der Waals surface area contributed by atoms with Gasteiger partial charge in [0.1, 0.15) is 12.4 Å². The van der Waals surface area contributed by atoms with Gasteiger partial charge in [-0.15, -0.1) is 0 Å². The quantitative estimate of drug-likeness (QED) is 0.623. The van der Waals surface area contributed by atoms with Crippen molar-refractivity contribution in [1.29, 1.82) is 0 Å². The Bertz CT molecular complexity index is 813. The van der Waals surface area contributed by atoms with E-state index in [1.165, 1.54) is 11.1 Å². The van der Waals surface area contributed by atoms with Gasteiger partial charge in [0.15, 0.2) is 0 Å². The van der Waals surface area contributed by atoms with Crippen molar-refractivity contribution in [1.82, 2.24) is 19.7 Å².